The minimum atomic E-state index is -0.189. The van der Waals surface area contributed by atoms with Gasteiger partial charge in [0.25, 0.3) is 0 Å². The average molecular weight is 233 g/mol. The SMILES string of the molecule is N#CCCC(CO)OCCCc1ccccc1. The summed E-state index contributed by atoms with van der Waals surface area (Å²) in [7, 11) is 0. The average Bonchev–Trinajstić information content (AvgIpc) is 2.39. The van der Waals surface area contributed by atoms with E-state index in [0.717, 1.165) is 12.8 Å². The van der Waals surface area contributed by atoms with Gasteiger partial charge in [0, 0.05) is 13.0 Å². The van der Waals surface area contributed by atoms with Crippen molar-refractivity contribution in [1.82, 2.24) is 0 Å². The molecule has 1 N–H and O–H groups in total. The first-order valence-corrected chi connectivity index (χ1v) is 6.00. The smallest absolute Gasteiger partial charge is 0.0815 e. The Labute approximate surface area is 103 Å². The van der Waals surface area contributed by atoms with E-state index in [1.165, 1.54) is 5.56 Å². The van der Waals surface area contributed by atoms with Gasteiger partial charge in [0.1, 0.15) is 0 Å². The molecule has 1 aromatic carbocycles. The quantitative estimate of drug-likeness (QED) is 0.701. The van der Waals surface area contributed by atoms with Crippen molar-refractivity contribution >= 4 is 0 Å². The summed E-state index contributed by atoms with van der Waals surface area (Å²) in [5.41, 5.74) is 1.30. The number of aryl methyl sites for hydroxylation is 1. The lowest BCUT2D eigenvalue weighted by molar-refractivity contribution is 0.00807. The minimum absolute atomic E-state index is 0.00693. The van der Waals surface area contributed by atoms with Crippen LogP contribution >= 0.6 is 0 Å². The zero-order valence-electron chi connectivity index (χ0n) is 10.0. The maximum Gasteiger partial charge on any atom is 0.0815 e. The fourth-order valence-electron chi connectivity index (χ4n) is 1.62. The van der Waals surface area contributed by atoms with Crippen molar-refractivity contribution in [3.05, 3.63) is 35.9 Å². The molecule has 1 aromatic rings. The first-order chi connectivity index (χ1) is 8.36. The maximum atomic E-state index is 9.03. The third-order valence-corrected chi connectivity index (χ3v) is 2.59. The van der Waals surface area contributed by atoms with Crippen LogP contribution < -0.4 is 0 Å². The van der Waals surface area contributed by atoms with Crippen molar-refractivity contribution in [1.29, 1.82) is 5.26 Å². The molecule has 0 spiro atoms. The van der Waals surface area contributed by atoms with E-state index < -0.39 is 0 Å². The predicted molar refractivity (Wildman–Crippen MR) is 66.4 cm³/mol. The second kappa shape index (κ2) is 8.74. The number of aliphatic hydroxyl groups excluding tert-OH is 1. The second-order valence-corrected chi connectivity index (χ2v) is 3.96. The van der Waals surface area contributed by atoms with Gasteiger partial charge in [-0.05, 0) is 24.8 Å². The molecule has 1 atom stereocenters. The van der Waals surface area contributed by atoms with E-state index in [2.05, 4.69) is 18.2 Å². The molecule has 0 saturated carbocycles. The largest absolute Gasteiger partial charge is 0.394 e. The molecule has 0 bridgehead atoms. The van der Waals surface area contributed by atoms with Crippen molar-refractivity contribution < 1.29 is 9.84 Å². The van der Waals surface area contributed by atoms with E-state index in [0.29, 0.717) is 19.4 Å². The van der Waals surface area contributed by atoms with Gasteiger partial charge in [-0.1, -0.05) is 30.3 Å². The lowest BCUT2D eigenvalue weighted by atomic mass is 10.1. The number of hydrogen-bond acceptors (Lipinski definition) is 3. The van der Waals surface area contributed by atoms with Crippen molar-refractivity contribution in [2.45, 2.75) is 31.8 Å². The van der Waals surface area contributed by atoms with Crippen LogP contribution in [0.3, 0.4) is 0 Å². The molecule has 0 aliphatic rings. The van der Waals surface area contributed by atoms with Gasteiger partial charge in [-0.3, -0.25) is 0 Å². The Balaban J connectivity index is 2.12. The molecule has 0 fully saturated rings. The van der Waals surface area contributed by atoms with E-state index in [1.807, 2.05) is 18.2 Å². The summed E-state index contributed by atoms with van der Waals surface area (Å²) in [6.07, 6.45) is 2.78. The summed E-state index contributed by atoms with van der Waals surface area (Å²) >= 11 is 0. The number of nitriles is 1. The zero-order valence-corrected chi connectivity index (χ0v) is 10.0. The number of benzene rings is 1. The van der Waals surface area contributed by atoms with Crippen molar-refractivity contribution in [2.75, 3.05) is 13.2 Å². The van der Waals surface area contributed by atoms with Crippen LogP contribution in [0.5, 0.6) is 0 Å². The second-order valence-electron chi connectivity index (χ2n) is 3.96. The van der Waals surface area contributed by atoms with Crippen LogP contribution in [0.4, 0.5) is 0 Å². The molecule has 17 heavy (non-hydrogen) atoms. The number of ether oxygens (including phenoxy) is 1. The van der Waals surface area contributed by atoms with Gasteiger partial charge in [0.2, 0.25) is 0 Å². The Morgan fingerprint density at radius 2 is 2.06 bits per heavy atom. The van der Waals surface area contributed by atoms with Crippen LogP contribution in [0.1, 0.15) is 24.8 Å². The highest BCUT2D eigenvalue weighted by Gasteiger charge is 2.06. The summed E-state index contributed by atoms with van der Waals surface area (Å²) in [6, 6.07) is 12.3. The molecule has 3 nitrogen and oxygen atoms in total. The third kappa shape index (κ3) is 6.06. The standard InChI is InChI=1S/C14H19NO2/c15-10-4-9-14(12-16)17-11-5-8-13-6-2-1-3-7-13/h1-3,6-7,14,16H,4-5,8-9,11-12H2. The molecule has 1 rings (SSSR count). The highest BCUT2D eigenvalue weighted by Crippen LogP contribution is 2.05. The highest BCUT2D eigenvalue weighted by atomic mass is 16.5. The van der Waals surface area contributed by atoms with Gasteiger partial charge >= 0.3 is 0 Å². The first kappa shape index (κ1) is 13.7. The number of nitrogens with zero attached hydrogens (tertiary/aromatic N) is 1. The van der Waals surface area contributed by atoms with E-state index in [4.69, 9.17) is 15.1 Å². The molecule has 0 aromatic heterocycles. The fraction of sp³-hybridized carbons (Fsp3) is 0.500. The Hall–Kier alpha value is -1.37. The van der Waals surface area contributed by atoms with E-state index in [9.17, 15) is 0 Å². The Morgan fingerprint density at radius 3 is 2.71 bits per heavy atom. The Morgan fingerprint density at radius 1 is 1.29 bits per heavy atom. The molecule has 0 aliphatic heterocycles. The predicted octanol–water partition coefficient (Wildman–Crippen LogP) is 2.30. The first-order valence-electron chi connectivity index (χ1n) is 6.00. The summed E-state index contributed by atoms with van der Waals surface area (Å²) in [5, 5.41) is 17.5. The van der Waals surface area contributed by atoms with Crippen LogP contribution in [-0.2, 0) is 11.2 Å². The normalized spacial score (nSPS) is 12.0. The number of rotatable bonds is 8. The number of hydrogen-bond donors (Lipinski definition) is 1. The maximum absolute atomic E-state index is 9.03. The molecule has 0 heterocycles. The minimum Gasteiger partial charge on any atom is -0.394 e. The zero-order chi connectivity index (χ0) is 12.3. The summed E-state index contributed by atoms with van der Waals surface area (Å²) < 4.78 is 5.51. The van der Waals surface area contributed by atoms with E-state index in [-0.39, 0.29) is 12.7 Å². The van der Waals surface area contributed by atoms with E-state index >= 15 is 0 Å². The molecule has 0 saturated heterocycles. The van der Waals surface area contributed by atoms with Gasteiger partial charge in [-0.25, -0.2) is 0 Å². The molecule has 1 unspecified atom stereocenters. The van der Waals surface area contributed by atoms with Crippen molar-refractivity contribution in [2.24, 2.45) is 0 Å². The lowest BCUT2D eigenvalue weighted by Crippen LogP contribution is -2.18. The van der Waals surface area contributed by atoms with Crippen LogP contribution in [0.25, 0.3) is 0 Å². The van der Waals surface area contributed by atoms with Crippen LogP contribution in [0.15, 0.2) is 30.3 Å². The van der Waals surface area contributed by atoms with Gasteiger partial charge in [0.15, 0.2) is 0 Å². The Kier molecular flexibility index (Phi) is 7.04. The molecule has 3 heteroatoms. The molecular weight excluding hydrogens is 214 g/mol. The fourth-order valence-corrected chi connectivity index (χ4v) is 1.62. The molecule has 0 aliphatic carbocycles. The van der Waals surface area contributed by atoms with Crippen LogP contribution in [-0.4, -0.2) is 24.4 Å². The third-order valence-electron chi connectivity index (χ3n) is 2.59. The van der Waals surface area contributed by atoms with Gasteiger partial charge < -0.3 is 9.84 Å². The molecular formula is C14H19NO2. The Bertz CT molecular complexity index is 332. The summed E-state index contributed by atoms with van der Waals surface area (Å²) in [6.45, 7) is 0.624. The van der Waals surface area contributed by atoms with Crippen LogP contribution in [0.2, 0.25) is 0 Å². The highest BCUT2D eigenvalue weighted by molar-refractivity contribution is 5.14. The monoisotopic (exact) mass is 233 g/mol. The van der Waals surface area contributed by atoms with Crippen molar-refractivity contribution in [3.8, 4) is 6.07 Å². The van der Waals surface area contributed by atoms with Gasteiger partial charge in [-0.2, -0.15) is 5.26 Å². The van der Waals surface area contributed by atoms with Crippen molar-refractivity contribution in [3.63, 3.8) is 0 Å². The lowest BCUT2D eigenvalue weighted by Gasteiger charge is -2.13. The molecule has 0 amide bonds. The van der Waals surface area contributed by atoms with Gasteiger partial charge in [0.05, 0.1) is 18.8 Å². The molecule has 0 radical (unpaired) electrons. The molecule has 92 valence electrons. The van der Waals surface area contributed by atoms with Gasteiger partial charge in [-0.15, -0.1) is 0 Å². The number of aliphatic hydroxyl groups is 1. The van der Waals surface area contributed by atoms with Crippen LogP contribution in [0, 0.1) is 11.3 Å². The topological polar surface area (TPSA) is 53.2 Å². The van der Waals surface area contributed by atoms with E-state index in [1.54, 1.807) is 0 Å². The summed E-state index contributed by atoms with van der Waals surface area (Å²) in [4.78, 5) is 0. The summed E-state index contributed by atoms with van der Waals surface area (Å²) in [5.74, 6) is 0.